The Labute approximate surface area is 90.9 Å². The summed E-state index contributed by atoms with van der Waals surface area (Å²) in [6.45, 7) is 4.74. The van der Waals surface area contributed by atoms with E-state index in [1.165, 1.54) is 0 Å². The van der Waals surface area contributed by atoms with Gasteiger partial charge in [0.2, 0.25) is 0 Å². The molecule has 0 heterocycles. The van der Waals surface area contributed by atoms with Gasteiger partial charge in [0.25, 0.3) is 0 Å². The van der Waals surface area contributed by atoms with E-state index >= 15 is 0 Å². The SMILES string of the molecule is CC(O)C(CC(=O)CCCO)C(C)(C)O. The van der Waals surface area contributed by atoms with Crippen LogP contribution in [-0.2, 0) is 4.79 Å². The van der Waals surface area contributed by atoms with Gasteiger partial charge in [-0.15, -0.1) is 0 Å². The molecule has 0 aliphatic carbocycles. The first-order valence-electron chi connectivity index (χ1n) is 5.32. The van der Waals surface area contributed by atoms with Crippen molar-refractivity contribution in [2.24, 2.45) is 5.92 Å². The molecule has 0 saturated carbocycles. The van der Waals surface area contributed by atoms with Gasteiger partial charge in [0, 0.05) is 25.4 Å². The average molecular weight is 218 g/mol. The molecule has 0 aromatic rings. The van der Waals surface area contributed by atoms with E-state index in [-0.39, 0.29) is 18.8 Å². The van der Waals surface area contributed by atoms with Gasteiger partial charge in [0.15, 0.2) is 0 Å². The molecule has 0 aliphatic heterocycles. The lowest BCUT2D eigenvalue weighted by Gasteiger charge is -2.31. The summed E-state index contributed by atoms with van der Waals surface area (Å²) in [7, 11) is 0. The van der Waals surface area contributed by atoms with Crippen molar-refractivity contribution in [1.82, 2.24) is 0 Å². The molecule has 0 saturated heterocycles. The molecule has 3 N–H and O–H groups in total. The average Bonchev–Trinajstić information content (AvgIpc) is 2.08. The quantitative estimate of drug-likeness (QED) is 0.581. The van der Waals surface area contributed by atoms with Gasteiger partial charge in [-0.3, -0.25) is 4.79 Å². The van der Waals surface area contributed by atoms with Crippen molar-refractivity contribution >= 4 is 5.78 Å². The highest BCUT2D eigenvalue weighted by Gasteiger charge is 2.32. The van der Waals surface area contributed by atoms with E-state index in [9.17, 15) is 15.0 Å². The predicted octanol–water partition coefficient (Wildman–Crippen LogP) is 0.486. The first kappa shape index (κ1) is 14.6. The number of aliphatic hydroxyl groups is 3. The third-order valence-electron chi connectivity index (χ3n) is 2.55. The zero-order valence-electron chi connectivity index (χ0n) is 9.73. The van der Waals surface area contributed by atoms with E-state index in [2.05, 4.69) is 0 Å². The molecule has 4 heteroatoms. The zero-order chi connectivity index (χ0) is 12.1. The van der Waals surface area contributed by atoms with E-state index in [4.69, 9.17) is 5.11 Å². The summed E-state index contributed by atoms with van der Waals surface area (Å²) in [6.07, 6.45) is 0.178. The molecule has 0 rings (SSSR count). The third-order valence-corrected chi connectivity index (χ3v) is 2.55. The minimum Gasteiger partial charge on any atom is -0.396 e. The number of aliphatic hydroxyl groups excluding tert-OH is 2. The fraction of sp³-hybridized carbons (Fsp3) is 0.909. The minimum absolute atomic E-state index is 0.00635. The summed E-state index contributed by atoms with van der Waals surface area (Å²) in [5.74, 6) is -0.485. The second-order valence-corrected chi connectivity index (χ2v) is 4.57. The van der Waals surface area contributed by atoms with Crippen molar-refractivity contribution < 1.29 is 20.1 Å². The first-order valence-corrected chi connectivity index (χ1v) is 5.32. The largest absolute Gasteiger partial charge is 0.396 e. The molecule has 15 heavy (non-hydrogen) atoms. The Morgan fingerprint density at radius 1 is 1.40 bits per heavy atom. The van der Waals surface area contributed by atoms with E-state index in [1.807, 2.05) is 0 Å². The second kappa shape index (κ2) is 6.20. The third kappa shape index (κ3) is 5.87. The minimum atomic E-state index is -1.07. The summed E-state index contributed by atoms with van der Waals surface area (Å²) in [5.41, 5.74) is -1.07. The fourth-order valence-corrected chi connectivity index (χ4v) is 1.63. The Hall–Kier alpha value is -0.450. The van der Waals surface area contributed by atoms with Crippen LogP contribution in [0.5, 0.6) is 0 Å². The molecule has 0 bridgehead atoms. The van der Waals surface area contributed by atoms with E-state index in [1.54, 1.807) is 20.8 Å². The highest BCUT2D eigenvalue weighted by molar-refractivity contribution is 5.78. The van der Waals surface area contributed by atoms with Crippen molar-refractivity contribution in [3.8, 4) is 0 Å². The number of rotatable bonds is 7. The number of hydrogen-bond donors (Lipinski definition) is 3. The van der Waals surface area contributed by atoms with E-state index in [0.29, 0.717) is 12.8 Å². The lowest BCUT2D eigenvalue weighted by atomic mass is 9.82. The monoisotopic (exact) mass is 218 g/mol. The van der Waals surface area contributed by atoms with Gasteiger partial charge in [-0.2, -0.15) is 0 Å². The van der Waals surface area contributed by atoms with Gasteiger partial charge in [-0.25, -0.2) is 0 Å². The number of carbonyl (C=O) groups excluding carboxylic acids is 1. The molecular weight excluding hydrogens is 196 g/mol. The van der Waals surface area contributed by atoms with Gasteiger partial charge < -0.3 is 15.3 Å². The highest BCUT2D eigenvalue weighted by Crippen LogP contribution is 2.24. The van der Waals surface area contributed by atoms with Crippen LogP contribution in [0.4, 0.5) is 0 Å². The second-order valence-electron chi connectivity index (χ2n) is 4.57. The summed E-state index contributed by atoms with van der Waals surface area (Å²) in [5, 5.41) is 27.8. The van der Waals surface area contributed by atoms with Gasteiger partial charge in [0.05, 0.1) is 11.7 Å². The number of hydrogen-bond acceptors (Lipinski definition) is 4. The highest BCUT2D eigenvalue weighted by atomic mass is 16.3. The van der Waals surface area contributed by atoms with Gasteiger partial charge in [-0.1, -0.05) is 0 Å². The Balaban J connectivity index is 4.24. The molecular formula is C11H22O4. The molecule has 2 atom stereocenters. The summed E-state index contributed by atoms with van der Waals surface area (Å²) in [6, 6.07) is 0. The van der Waals surface area contributed by atoms with Crippen molar-refractivity contribution in [2.45, 2.75) is 51.7 Å². The van der Waals surface area contributed by atoms with Crippen LogP contribution in [0.25, 0.3) is 0 Å². The van der Waals surface area contributed by atoms with Crippen LogP contribution in [0, 0.1) is 5.92 Å². The molecule has 0 radical (unpaired) electrons. The Bertz CT molecular complexity index is 193. The normalized spacial score (nSPS) is 16.1. The van der Waals surface area contributed by atoms with Crippen molar-refractivity contribution in [1.29, 1.82) is 0 Å². The molecule has 0 aliphatic rings. The molecule has 0 aromatic heterocycles. The Kier molecular flexibility index (Phi) is 6.02. The first-order chi connectivity index (χ1) is 6.79. The molecule has 0 fully saturated rings. The van der Waals surface area contributed by atoms with E-state index < -0.39 is 17.6 Å². The molecule has 2 unspecified atom stereocenters. The van der Waals surface area contributed by atoms with Crippen LogP contribution in [0.2, 0.25) is 0 Å². The molecule has 0 amide bonds. The van der Waals surface area contributed by atoms with E-state index in [0.717, 1.165) is 0 Å². The molecule has 4 nitrogen and oxygen atoms in total. The van der Waals surface area contributed by atoms with Crippen LogP contribution in [-0.4, -0.2) is 39.4 Å². The number of carbonyl (C=O) groups is 1. The van der Waals surface area contributed by atoms with Crippen LogP contribution in [0.15, 0.2) is 0 Å². The maximum absolute atomic E-state index is 11.4. The van der Waals surface area contributed by atoms with Crippen molar-refractivity contribution in [3.63, 3.8) is 0 Å². The van der Waals surface area contributed by atoms with Crippen LogP contribution in [0.3, 0.4) is 0 Å². The number of Topliss-reactive ketones (excluding diaryl/α,β-unsaturated/α-hetero) is 1. The fourth-order valence-electron chi connectivity index (χ4n) is 1.63. The van der Waals surface area contributed by atoms with Gasteiger partial charge >= 0.3 is 0 Å². The maximum atomic E-state index is 11.4. The topological polar surface area (TPSA) is 77.8 Å². The van der Waals surface area contributed by atoms with Crippen LogP contribution >= 0.6 is 0 Å². The van der Waals surface area contributed by atoms with Crippen molar-refractivity contribution in [2.75, 3.05) is 6.61 Å². The number of ketones is 1. The smallest absolute Gasteiger partial charge is 0.133 e. The summed E-state index contributed by atoms with van der Waals surface area (Å²) < 4.78 is 0. The Morgan fingerprint density at radius 2 is 1.93 bits per heavy atom. The summed E-state index contributed by atoms with van der Waals surface area (Å²) in [4.78, 5) is 11.4. The molecule has 0 aromatic carbocycles. The molecule has 90 valence electrons. The van der Waals surface area contributed by atoms with Crippen molar-refractivity contribution in [3.05, 3.63) is 0 Å². The lowest BCUT2D eigenvalue weighted by Crippen LogP contribution is -2.39. The van der Waals surface area contributed by atoms with Gasteiger partial charge in [0.1, 0.15) is 5.78 Å². The van der Waals surface area contributed by atoms with Crippen LogP contribution in [0.1, 0.15) is 40.0 Å². The zero-order valence-corrected chi connectivity index (χ0v) is 9.73. The Morgan fingerprint density at radius 3 is 2.27 bits per heavy atom. The standard InChI is InChI=1S/C11H22O4/c1-8(13)10(11(2,3)15)7-9(14)5-4-6-12/h8,10,12-13,15H,4-7H2,1-3H3. The van der Waals surface area contributed by atoms with Gasteiger partial charge in [-0.05, 0) is 27.2 Å². The lowest BCUT2D eigenvalue weighted by molar-refractivity contribution is -0.125. The van der Waals surface area contributed by atoms with Crippen LogP contribution < -0.4 is 0 Å². The summed E-state index contributed by atoms with van der Waals surface area (Å²) >= 11 is 0. The predicted molar refractivity (Wildman–Crippen MR) is 57.4 cm³/mol. The molecule has 0 spiro atoms. The maximum Gasteiger partial charge on any atom is 0.133 e.